The van der Waals surface area contributed by atoms with Gasteiger partial charge in [0.05, 0.1) is 0 Å². The Kier molecular flexibility index (Phi) is 7.36. The maximum atomic E-state index is 15.0. The van der Waals surface area contributed by atoms with E-state index < -0.39 is 57.2 Å². The second kappa shape index (κ2) is 11.4. The number of carbonyl (C=O) groups is 5. The minimum atomic E-state index is -1.26. The van der Waals surface area contributed by atoms with E-state index in [1.807, 2.05) is 34.1 Å². The number of fused-ring (bicyclic) bond motifs is 1. The van der Waals surface area contributed by atoms with Crippen molar-refractivity contribution in [3.8, 4) is 11.3 Å². The van der Waals surface area contributed by atoms with E-state index in [1.54, 1.807) is 18.2 Å². The van der Waals surface area contributed by atoms with Gasteiger partial charge in [0.25, 0.3) is 0 Å². The van der Waals surface area contributed by atoms with Gasteiger partial charge in [-0.1, -0.05) is 0 Å². The van der Waals surface area contributed by atoms with Gasteiger partial charge in [0.1, 0.15) is 0 Å². The Labute approximate surface area is 267 Å². The second-order valence-corrected chi connectivity index (χ2v) is 13.0. The molecule has 1 aromatic heterocycles. The first-order valence-corrected chi connectivity index (χ1v) is 16.4. The Hall–Kier alpha value is -4.63. The van der Waals surface area contributed by atoms with Crippen LogP contribution in [0, 0.1) is 5.82 Å². The van der Waals surface area contributed by atoms with Crippen LogP contribution < -0.4 is 41.2 Å². The molecule has 11 nitrogen and oxygen atoms in total. The van der Waals surface area contributed by atoms with Crippen molar-refractivity contribution in [3.05, 3.63) is 88.2 Å². The van der Waals surface area contributed by atoms with Crippen molar-refractivity contribution in [1.29, 1.82) is 0 Å². The van der Waals surface area contributed by atoms with Crippen LogP contribution in [0.2, 0.25) is 0 Å². The normalized spacial score (nSPS) is 17.9. The van der Waals surface area contributed by atoms with Crippen molar-refractivity contribution in [2.45, 2.75) is 31.8 Å². The molecule has 1 saturated heterocycles. The summed E-state index contributed by atoms with van der Waals surface area (Å²) in [5.41, 5.74) is 5.33. The quantitative estimate of drug-likeness (QED) is 0.117. The van der Waals surface area contributed by atoms with Crippen LogP contribution in [0.1, 0.15) is 55.0 Å². The molecule has 5 amide bonds. The van der Waals surface area contributed by atoms with Crippen molar-refractivity contribution in [3.63, 3.8) is 0 Å². The van der Waals surface area contributed by atoms with Crippen LogP contribution >= 0.6 is 0 Å². The van der Waals surface area contributed by atoms with E-state index in [1.165, 1.54) is 12.1 Å². The summed E-state index contributed by atoms with van der Waals surface area (Å²) in [6.07, 6.45) is 0.625. The first-order valence-electron chi connectivity index (χ1n) is 14.4. The molecule has 0 spiro atoms. The number of nitrogens with one attached hydrogen (secondary N) is 4. The number of carbonyl (C=O) groups excluding carboxylic acids is 5. The molecule has 0 radical (unpaired) electrons. The number of benzene rings is 3. The van der Waals surface area contributed by atoms with Gasteiger partial charge in [-0.05, 0) is 0 Å². The molecular weight excluding hydrogens is 694 g/mol. The Morgan fingerprint density at radius 2 is 1.78 bits per heavy atom. The molecule has 1 fully saturated rings. The molecule has 7 rings (SSSR count). The van der Waals surface area contributed by atoms with E-state index in [4.69, 9.17) is 0 Å². The van der Waals surface area contributed by atoms with Gasteiger partial charge in [0.15, 0.2) is 0 Å². The third kappa shape index (κ3) is 4.86. The molecule has 4 heterocycles. The molecule has 3 aliphatic heterocycles. The molecular formula is C32H27FIN6O5-. The van der Waals surface area contributed by atoms with Gasteiger partial charge in [0.2, 0.25) is 0 Å². The Balaban J connectivity index is 1.31. The average molecular weight is 722 g/mol. The van der Waals surface area contributed by atoms with Gasteiger partial charge in [-0.25, -0.2) is 0 Å². The number of piperidine rings is 1. The topological polar surface area (TPSA) is 142 Å². The average Bonchev–Trinajstić information content (AvgIpc) is 3.39. The van der Waals surface area contributed by atoms with Gasteiger partial charge in [-0.3, -0.25) is 0 Å². The Bertz CT molecular complexity index is 1960. The molecule has 4 N–H and O–H groups in total. The van der Waals surface area contributed by atoms with Crippen LogP contribution in [0.4, 0.5) is 10.1 Å². The first kappa shape index (κ1) is 29.1. The van der Waals surface area contributed by atoms with Gasteiger partial charge in [-0.2, -0.15) is 0 Å². The number of halogens is 2. The van der Waals surface area contributed by atoms with Crippen molar-refractivity contribution >= 4 is 46.1 Å². The predicted octanol–water partition coefficient (Wildman–Crippen LogP) is -0.267. The summed E-state index contributed by atoms with van der Waals surface area (Å²) < 4.78 is 20.4. The van der Waals surface area contributed by atoms with Crippen molar-refractivity contribution in [2.24, 2.45) is 0 Å². The maximum absolute atomic E-state index is 15.0. The standard InChI is InChI=1S/C32H27FIN6O5/c1-35-15-16-5-7-17(8-6-16)28-19-11-12-36-29(42)21-13-18(33)14-24(26(19)21)40(28)34-38-22-4-2-3-20-27(22)32(45)39(31(20)44)23-9-10-25(41)37-30(23)43/h2-8,13-14,23,35,38H,9-12,15H2,1H3,(H,36,42)(H,37,41,43)/q-1. The van der Waals surface area contributed by atoms with E-state index in [9.17, 15) is 24.0 Å². The fourth-order valence-corrected chi connectivity index (χ4v) is 8.68. The number of anilines is 1. The molecule has 3 aromatic carbocycles. The Morgan fingerprint density at radius 3 is 2.53 bits per heavy atom. The summed E-state index contributed by atoms with van der Waals surface area (Å²) in [5.74, 6) is -3.21. The molecule has 1 unspecified atom stereocenters. The van der Waals surface area contributed by atoms with E-state index in [0.29, 0.717) is 36.1 Å². The molecule has 230 valence electrons. The number of rotatable bonds is 7. The summed E-state index contributed by atoms with van der Waals surface area (Å²) in [6.45, 7) is 1.09. The summed E-state index contributed by atoms with van der Waals surface area (Å²) in [6, 6.07) is 14.6. The van der Waals surface area contributed by atoms with E-state index >= 15 is 4.39 Å². The molecule has 0 saturated carbocycles. The summed E-state index contributed by atoms with van der Waals surface area (Å²) in [7, 11) is 1.87. The van der Waals surface area contributed by atoms with Crippen LogP contribution in [-0.4, -0.2) is 56.9 Å². The number of amides is 5. The third-order valence-corrected chi connectivity index (χ3v) is 10.6. The zero-order valence-corrected chi connectivity index (χ0v) is 26.2. The molecule has 4 aromatic rings. The summed E-state index contributed by atoms with van der Waals surface area (Å²) in [5, 5.41) is 8.91. The first-order chi connectivity index (χ1) is 21.8. The fourth-order valence-electron chi connectivity index (χ4n) is 6.28. The van der Waals surface area contributed by atoms with Crippen molar-refractivity contribution in [1.82, 2.24) is 23.6 Å². The zero-order chi connectivity index (χ0) is 31.4. The van der Waals surface area contributed by atoms with Crippen LogP contribution in [-0.2, 0) is 22.6 Å². The molecule has 0 aliphatic carbocycles. The zero-order valence-electron chi connectivity index (χ0n) is 24.0. The van der Waals surface area contributed by atoms with Crippen molar-refractivity contribution < 1.29 is 50.1 Å². The fraction of sp³-hybridized carbons (Fsp3) is 0.219. The predicted molar refractivity (Wildman–Crippen MR) is 158 cm³/mol. The molecule has 3 aliphatic rings. The summed E-state index contributed by atoms with van der Waals surface area (Å²) >= 11 is -1.26. The van der Waals surface area contributed by atoms with Gasteiger partial charge in [0, 0.05) is 0 Å². The van der Waals surface area contributed by atoms with E-state index in [-0.39, 0.29) is 35.4 Å². The minimum absolute atomic E-state index is 0.0265. The van der Waals surface area contributed by atoms with Crippen LogP contribution in [0.25, 0.3) is 22.2 Å². The van der Waals surface area contributed by atoms with E-state index in [2.05, 4.69) is 19.5 Å². The van der Waals surface area contributed by atoms with Gasteiger partial charge in [-0.15, -0.1) is 0 Å². The summed E-state index contributed by atoms with van der Waals surface area (Å²) in [4.78, 5) is 65.2. The molecule has 1 atom stereocenters. The monoisotopic (exact) mass is 721 g/mol. The number of hydrogen-bond acceptors (Lipinski definition) is 7. The SMILES string of the molecule is CNCc1ccc(-c2c3c4c(cc(F)cc4n2[I-]Nc2cccc4c2C(=O)N(C2CCC(=O)NC2=O)C4=O)C(=O)NCC3)cc1. The number of nitrogens with zero attached hydrogens (tertiary/aromatic N) is 2. The van der Waals surface area contributed by atoms with Crippen molar-refractivity contribution in [2.75, 3.05) is 17.1 Å². The number of imide groups is 2. The Morgan fingerprint density at radius 1 is 0.978 bits per heavy atom. The van der Waals surface area contributed by atoms with E-state index in [0.717, 1.165) is 27.3 Å². The molecule has 13 heteroatoms. The molecule has 0 bridgehead atoms. The van der Waals surface area contributed by atoms with Crippen LogP contribution in [0.3, 0.4) is 0 Å². The van der Waals surface area contributed by atoms with Gasteiger partial charge < -0.3 is 0 Å². The number of aromatic nitrogens is 1. The van der Waals surface area contributed by atoms with Crippen LogP contribution in [0.5, 0.6) is 0 Å². The second-order valence-electron chi connectivity index (χ2n) is 11.0. The third-order valence-electron chi connectivity index (χ3n) is 8.29. The number of hydrogen-bond donors (Lipinski definition) is 4. The van der Waals surface area contributed by atoms with Gasteiger partial charge >= 0.3 is 268 Å². The van der Waals surface area contributed by atoms with Crippen LogP contribution in [0.15, 0.2) is 54.6 Å². The molecule has 45 heavy (non-hydrogen) atoms.